The van der Waals surface area contributed by atoms with Gasteiger partial charge in [-0.05, 0) is 52.7 Å². The number of carbonyl (C=O) groups excluding carboxylic acids is 2. The molecule has 6 heteroatoms. The van der Waals surface area contributed by atoms with E-state index in [0.717, 1.165) is 15.7 Å². The van der Waals surface area contributed by atoms with E-state index < -0.39 is 0 Å². The summed E-state index contributed by atoms with van der Waals surface area (Å²) in [6.07, 6.45) is 3.22. The third-order valence-corrected chi connectivity index (χ3v) is 4.06. The zero-order valence-electron chi connectivity index (χ0n) is 12.6. The third-order valence-electron chi connectivity index (χ3n) is 3.26. The number of benzene rings is 1. The number of nitrogens with zero attached hydrogens (tertiary/aromatic N) is 2. The Bertz CT molecular complexity index is 714. The number of aromatic nitrogens is 1. The summed E-state index contributed by atoms with van der Waals surface area (Å²) in [5.74, 6) is -0.272. The largest absolute Gasteiger partial charge is 0.326 e. The summed E-state index contributed by atoms with van der Waals surface area (Å²) in [7, 11) is 1.70. The number of nitrogens with one attached hydrogen (secondary N) is 1. The molecule has 1 aromatic heterocycles. The molecule has 0 bridgehead atoms. The summed E-state index contributed by atoms with van der Waals surface area (Å²) in [5.41, 5.74) is 2.82. The Morgan fingerprint density at radius 1 is 1.18 bits per heavy atom. The van der Waals surface area contributed by atoms with Crippen LogP contribution in [0.5, 0.6) is 0 Å². The molecule has 1 heterocycles. The summed E-state index contributed by atoms with van der Waals surface area (Å²) >= 11 is 3.38. The van der Waals surface area contributed by atoms with Crippen molar-refractivity contribution < 1.29 is 9.59 Å². The predicted molar refractivity (Wildman–Crippen MR) is 90.2 cm³/mol. The Labute approximate surface area is 137 Å². The molecule has 0 saturated carbocycles. The molecule has 114 valence electrons. The molecule has 0 aliphatic rings. The van der Waals surface area contributed by atoms with Gasteiger partial charge in [0.15, 0.2) is 0 Å². The number of rotatable bonds is 3. The van der Waals surface area contributed by atoms with Gasteiger partial charge in [0.2, 0.25) is 5.91 Å². The van der Waals surface area contributed by atoms with Gasteiger partial charge in [0.05, 0.1) is 5.56 Å². The van der Waals surface area contributed by atoms with E-state index in [1.807, 2.05) is 6.92 Å². The molecule has 0 aliphatic carbocycles. The lowest BCUT2D eigenvalue weighted by molar-refractivity contribution is -0.114. The van der Waals surface area contributed by atoms with Gasteiger partial charge in [-0.25, -0.2) is 0 Å². The van der Waals surface area contributed by atoms with Crippen molar-refractivity contribution in [2.24, 2.45) is 0 Å². The highest BCUT2D eigenvalue weighted by Gasteiger charge is 2.17. The summed E-state index contributed by atoms with van der Waals surface area (Å²) in [5, 5.41) is 2.69. The fourth-order valence-electron chi connectivity index (χ4n) is 1.98. The summed E-state index contributed by atoms with van der Waals surface area (Å²) in [6, 6.07) is 7.08. The van der Waals surface area contributed by atoms with Crippen LogP contribution < -0.4 is 10.2 Å². The van der Waals surface area contributed by atoms with E-state index >= 15 is 0 Å². The fourth-order valence-corrected chi connectivity index (χ4v) is 2.32. The van der Waals surface area contributed by atoms with E-state index in [1.54, 1.807) is 48.6 Å². The van der Waals surface area contributed by atoms with Gasteiger partial charge in [0.1, 0.15) is 0 Å². The Hall–Kier alpha value is -2.21. The van der Waals surface area contributed by atoms with Crippen LogP contribution in [0.15, 0.2) is 41.1 Å². The van der Waals surface area contributed by atoms with E-state index in [0.29, 0.717) is 11.3 Å². The molecule has 0 fully saturated rings. The second-order valence-corrected chi connectivity index (χ2v) is 5.74. The first-order valence-electron chi connectivity index (χ1n) is 6.66. The molecule has 5 nitrogen and oxygen atoms in total. The molecule has 2 aromatic rings. The second-order valence-electron chi connectivity index (χ2n) is 4.89. The van der Waals surface area contributed by atoms with Crippen LogP contribution in [0.3, 0.4) is 0 Å². The maximum Gasteiger partial charge on any atom is 0.259 e. The van der Waals surface area contributed by atoms with Crippen molar-refractivity contribution in [3.8, 4) is 0 Å². The minimum Gasteiger partial charge on any atom is -0.326 e. The lowest BCUT2D eigenvalue weighted by atomic mass is 10.1. The second kappa shape index (κ2) is 6.70. The first-order chi connectivity index (χ1) is 10.4. The number of hydrogen-bond donors (Lipinski definition) is 1. The number of amides is 2. The van der Waals surface area contributed by atoms with Gasteiger partial charge in [-0.2, -0.15) is 0 Å². The van der Waals surface area contributed by atoms with Gasteiger partial charge < -0.3 is 10.2 Å². The minimum absolute atomic E-state index is 0.131. The molecule has 1 aromatic carbocycles. The quantitative estimate of drug-likeness (QED) is 0.911. The zero-order valence-corrected chi connectivity index (χ0v) is 14.1. The van der Waals surface area contributed by atoms with Crippen LogP contribution >= 0.6 is 15.9 Å². The molecule has 1 N–H and O–H groups in total. The molecule has 0 spiro atoms. The topological polar surface area (TPSA) is 62.3 Å². The minimum atomic E-state index is -0.140. The van der Waals surface area contributed by atoms with Gasteiger partial charge in [-0.1, -0.05) is 0 Å². The molecular formula is C16H16BrN3O2. The van der Waals surface area contributed by atoms with E-state index in [9.17, 15) is 9.59 Å². The summed E-state index contributed by atoms with van der Waals surface area (Å²) < 4.78 is 0.799. The van der Waals surface area contributed by atoms with Crippen molar-refractivity contribution in [1.82, 2.24) is 4.98 Å². The van der Waals surface area contributed by atoms with Gasteiger partial charge in [0, 0.05) is 42.2 Å². The lowest BCUT2D eigenvalue weighted by Crippen LogP contribution is -2.27. The average molecular weight is 362 g/mol. The van der Waals surface area contributed by atoms with Crippen LogP contribution in [-0.4, -0.2) is 23.8 Å². The standard InChI is InChI=1S/C16H16BrN3O2/c1-10-14(8-18-9-15(10)17)16(22)20(3)13-6-4-12(5-7-13)19-11(2)21/h4-9H,1-3H3,(H,19,21). The summed E-state index contributed by atoms with van der Waals surface area (Å²) in [6.45, 7) is 3.32. The first-order valence-corrected chi connectivity index (χ1v) is 7.45. The highest BCUT2D eigenvalue weighted by Crippen LogP contribution is 2.22. The highest BCUT2D eigenvalue weighted by atomic mass is 79.9. The van der Waals surface area contributed by atoms with Crippen molar-refractivity contribution in [1.29, 1.82) is 0 Å². The molecular weight excluding hydrogens is 346 g/mol. The third kappa shape index (κ3) is 3.51. The van der Waals surface area contributed by atoms with Crippen LogP contribution in [-0.2, 0) is 4.79 Å². The van der Waals surface area contributed by atoms with Gasteiger partial charge in [-0.3, -0.25) is 14.6 Å². The van der Waals surface area contributed by atoms with E-state index in [1.165, 1.54) is 6.92 Å². The number of anilines is 2. The Kier molecular flexibility index (Phi) is 4.92. The molecule has 22 heavy (non-hydrogen) atoms. The normalized spacial score (nSPS) is 10.2. The predicted octanol–water partition coefficient (Wildman–Crippen LogP) is 3.39. The number of halogens is 1. The average Bonchev–Trinajstić information content (AvgIpc) is 2.49. The van der Waals surface area contributed by atoms with Gasteiger partial charge in [0.25, 0.3) is 5.91 Å². The van der Waals surface area contributed by atoms with Crippen LogP contribution in [0, 0.1) is 6.92 Å². The lowest BCUT2D eigenvalue weighted by Gasteiger charge is -2.19. The van der Waals surface area contributed by atoms with Crippen LogP contribution in [0.4, 0.5) is 11.4 Å². The Morgan fingerprint density at radius 2 is 1.82 bits per heavy atom. The smallest absolute Gasteiger partial charge is 0.259 e. The van der Waals surface area contributed by atoms with Crippen molar-refractivity contribution in [3.05, 3.63) is 52.3 Å². The van der Waals surface area contributed by atoms with E-state index in [4.69, 9.17) is 0 Å². The molecule has 2 amide bonds. The first kappa shape index (κ1) is 16.2. The van der Waals surface area contributed by atoms with E-state index in [2.05, 4.69) is 26.2 Å². The van der Waals surface area contributed by atoms with Gasteiger partial charge in [-0.15, -0.1) is 0 Å². The molecule has 2 rings (SSSR count). The van der Waals surface area contributed by atoms with Crippen LogP contribution in [0.25, 0.3) is 0 Å². The zero-order chi connectivity index (χ0) is 16.3. The SMILES string of the molecule is CC(=O)Nc1ccc(N(C)C(=O)c2cncc(Br)c2C)cc1. The molecule has 0 atom stereocenters. The number of hydrogen-bond acceptors (Lipinski definition) is 3. The molecule has 0 aliphatic heterocycles. The van der Waals surface area contributed by atoms with Crippen molar-refractivity contribution in [3.63, 3.8) is 0 Å². The Morgan fingerprint density at radius 3 is 2.41 bits per heavy atom. The maximum absolute atomic E-state index is 12.6. The highest BCUT2D eigenvalue weighted by molar-refractivity contribution is 9.10. The monoisotopic (exact) mass is 361 g/mol. The van der Waals surface area contributed by atoms with Crippen molar-refractivity contribution in [2.45, 2.75) is 13.8 Å². The number of carbonyl (C=O) groups is 2. The van der Waals surface area contributed by atoms with Crippen molar-refractivity contribution >= 4 is 39.1 Å². The maximum atomic E-state index is 12.6. The van der Waals surface area contributed by atoms with Crippen molar-refractivity contribution in [2.75, 3.05) is 17.3 Å². The van der Waals surface area contributed by atoms with Crippen LogP contribution in [0.2, 0.25) is 0 Å². The van der Waals surface area contributed by atoms with E-state index in [-0.39, 0.29) is 11.8 Å². The molecule has 0 saturated heterocycles. The molecule has 0 radical (unpaired) electrons. The Balaban J connectivity index is 2.23. The summed E-state index contributed by atoms with van der Waals surface area (Å²) in [4.78, 5) is 29.2. The van der Waals surface area contributed by atoms with Crippen LogP contribution in [0.1, 0.15) is 22.8 Å². The molecule has 0 unspecified atom stereocenters. The van der Waals surface area contributed by atoms with Gasteiger partial charge >= 0.3 is 0 Å². The fraction of sp³-hybridized carbons (Fsp3) is 0.188. The number of pyridine rings is 1.